The second-order valence-corrected chi connectivity index (χ2v) is 6.90. The van der Waals surface area contributed by atoms with Gasteiger partial charge in [-0.25, -0.2) is 13.2 Å². The van der Waals surface area contributed by atoms with Crippen LogP contribution in [0.25, 0.3) is 0 Å². The van der Waals surface area contributed by atoms with Crippen LogP contribution in [0.2, 0.25) is 0 Å². The van der Waals surface area contributed by atoms with Crippen LogP contribution in [0.1, 0.15) is 5.56 Å². The molecule has 1 saturated heterocycles. The molecule has 1 heterocycles. The molecule has 0 unspecified atom stereocenters. The number of nitrogens with zero attached hydrogens (tertiary/aromatic N) is 1. The molecule has 1 aliphatic rings. The molecular weight excluding hydrogens is 308 g/mol. The summed E-state index contributed by atoms with van der Waals surface area (Å²) >= 11 is 0. The number of carbonyl (C=O) groups is 1. The maximum Gasteiger partial charge on any atom is 0.407 e. The van der Waals surface area contributed by atoms with Crippen LogP contribution in [0.15, 0.2) is 30.3 Å². The molecule has 1 amide bonds. The standard InChI is InChI=1S/C14H20N2O5S/c17-14(21-12-13-4-2-1-3-5-13)15-6-11-22(18,19)16-7-9-20-10-8-16/h1-5H,6-12H2,(H,15,17). The molecule has 1 fully saturated rings. The van der Waals surface area contributed by atoms with Gasteiger partial charge in [0.15, 0.2) is 0 Å². The predicted octanol–water partition coefficient (Wildman–Crippen LogP) is 0.575. The van der Waals surface area contributed by atoms with Crippen LogP contribution in [0.5, 0.6) is 0 Å². The van der Waals surface area contributed by atoms with Crippen molar-refractivity contribution in [2.45, 2.75) is 6.61 Å². The smallest absolute Gasteiger partial charge is 0.407 e. The summed E-state index contributed by atoms with van der Waals surface area (Å²) in [5.41, 5.74) is 0.874. The third-order valence-corrected chi connectivity index (χ3v) is 5.08. The van der Waals surface area contributed by atoms with Gasteiger partial charge in [0.25, 0.3) is 0 Å². The third-order valence-electron chi connectivity index (χ3n) is 3.21. The Labute approximate surface area is 130 Å². The maximum absolute atomic E-state index is 12.0. The molecule has 2 rings (SSSR count). The molecule has 0 aromatic heterocycles. The van der Waals surface area contributed by atoms with Crippen LogP contribution in [0, 0.1) is 0 Å². The van der Waals surface area contributed by atoms with Gasteiger partial charge < -0.3 is 14.8 Å². The van der Waals surface area contributed by atoms with Crippen molar-refractivity contribution in [3.8, 4) is 0 Å². The number of hydrogen-bond donors (Lipinski definition) is 1. The van der Waals surface area contributed by atoms with Crippen LogP contribution in [0.3, 0.4) is 0 Å². The highest BCUT2D eigenvalue weighted by Gasteiger charge is 2.23. The van der Waals surface area contributed by atoms with Crippen LogP contribution in [0.4, 0.5) is 4.79 Å². The van der Waals surface area contributed by atoms with E-state index in [0.717, 1.165) is 5.56 Å². The van der Waals surface area contributed by atoms with E-state index in [1.54, 1.807) is 0 Å². The quantitative estimate of drug-likeness (QED) is 0.825. The molecule has 1 N–H and O–H groups in total. The van der Waals surface area contributed by atoms with Gasteiger partial charge in [-0.05, 0) is 5.56 Å². The first-order chi connectivity index (χ1) is 10.6. The number of rotatable bonds is 6. The number of carbonyl (C=O) groups excluding carboxylic acids is 1. The monoisotopic (exact) mass is 328 g/mol. The fraction of sp³-hybridized carbons (Fsp3) is 0.500. The summed E-state index contributed by atoms with van der Waals surface area (Å²) in [5.74, 6) is -0.145. The van der Waals surface area contributed by atoms with E-state index in [2.05, 4.69) is 5.32 Å². The minimum Gasteiger partial charge on any atom is -0.445 e. The molecule has 0 aliphatic carbocycles. The number of hydrogen-bond acceptors (Lipinski definition) is 5. The van der Waals surface area contributed by atoms with Gasteiger partial charge in [0.2, 0.25) is 10.0 Å². The van der Waals surface area contributed by atoms with E-state index in [-0.39, 0.29) is 18.9 Å². The van der Waals surface area contributed by atoms with E-state index >= 15 is 0 Å². The van der Waals surface area contributed by atoms with Crippen molar-refractivity contribution in [3.05, 3.63) is 35.9 Å². The van der Waals surface area contributed by atoms with Gasteiger partial charge in [-0.1, -0.05) is 30.3 Å². The zero-order valence-electron chi connectivity index (χ0n) is 12.2. The molecule has 0 spiro atoms. The molecule has 8 heteroatoms. The molecule has 1 aliphatic heterocycles. The Morgan fingerprint density at radius 2 is 1.91 bits per heavy atom. The number of amides is 1. The lowest BCUT2D eigenvalue weighted by Crippen LogP contribution is -2.43. The second kappa shape index (κ2) is 8.11. The molecule has 0 radical (unpaired) electrons. The van der Waals surface area contributed by atoms with Crippen LogP contribution in [-0.2, 0) is 26.1 Å². The first-order valence-corrected chi connectivity index (χ1v) is 8.69. The molecular formula is C14H20N2O5S. The highest BCUT2D eigenvalue weighted by Crippen LogP contribution is 2.05. The fourth-order valence-electron chi connectivity index (χ4n) is 2.01. The van der Waals surface area contributed by atoms with E-state index in [4.69, 9.17) is 9.47 Å². The number of benzene rings is 1. The first kappa shape index (κ1) is 16.7. The molecule has 0 atom stereocenters. The number of morpholine rings is 1. The Hall–Kier alpha value is -1.64. The summed E-state index contributed by atoms with van der Waals surface area (Å²) in [6, 6.07) is 9.27. The highest BCUT2D eigenvalue weighted by molar-refractivity contribution is 7.89. The van der Waals surface area contributed by atoms with Crippen LogP contribution >= 0.6 is 0 Å². The van der Waals surface area contributed by atoms with E-state index in [0.29, 0.717) is 26.3 Å². The zero-order chi connectivity index (χ0) is 15.8. The Morgan fingerprint density at radius 1 is 1.23 bits per heavy atom. The van der Waals surface area contributed by atoms with Crippen molar-refractivity contribution in [3.63, 3.8) is 0 Å². The van der Waals surface area contributed by atoms with Gasteiger partial charge in [-0.15, -0.1) is 0 Å². The van der Waals surface area contributed by atoms with E-state index in [9.17, 15) is 13.2 Å². The maximum atomic E-state index is 12.0. The van der Waals surface area contributed by atoms with Crippen LogP contribution in [-0.4, -0.2) is 57.4 Å². The molecule has 122 valence electrons. The van der Waals surface area contributed by atoms with Crippen molar-refractivity contribution in [1.82, 2.24) is 9.62 Å². The lowest BCUT2D eigenvalue weighted by Gasteiger charge is -2.25. The zero-order valence-corrected chi connectivity index (χ0v) is 13.0. The number of nitrogens with one attached hydrogen (secondary N) is 1. The Bertz CT molecular complexity index is 570. The van der Waals surface area contributed by atoms with Crippen molar-refractivity contribution < 1.29 is 22.7 Å². The molecule has 7 nitrogen and oxygen atoms in total. The Morgan fingerprint density at radius 3 is 2.59 bits per heavy atom. The van der Waals surface area contributed by atoms with Gasteiger partial charge in [-0.2, -0.15) is 4.31 Å². The van der Waals surface area contributed by atoms with Crippen molar-refractivity contribution in [1.29, 1.82) is 0 Å². The Balaban J connectivity index is 1.68. The minimum atomic E-state index is -3.36. The highest BCUT2D eigenvalue weighted by atomic mass is 32.2. The minimum absolute atomic E-state index is 0.0211. The predicted molar refractivity (Wildman–Crippen MR) is 80.8 cm³/mol. The Kier molecular flexibility index (Phi) is 6.17. The molecule has 0 bridgehead atoms. The molecule has 0 saturated carbocycles. The van der Waals surface area contributed by atoms with Crippen molar-refractivity contribution in [2.75, 3.05) is 38.6 Å². The number of ether oxygens (including phenoxy) is 2. The topological polar surface area (TPSA) is 84.9 Å². The normalized spacial score (nSPS) is 16.2. The summed E-state index contributed by atoms with van der Waals surface area (Å²) < 4.78 is 35.6. The van der Waals surface area contributed by atoms with Crippen LogP contribution < -0.4 is 5.32 Å². The largest absolute Gasteiger partial charge is 0.445 e. The van der Waals surface area contributed by atoms with E-state index < -0.39 is 16.1 Å². The van der Waals surface area contributed by atoms with Gasteiger partial charge in [0.05, 0.1) is 19.0 Å². The molecule has 1 aromatic carbocycles. The third kappa shape index (κ3) is 5.28. The van der Waals surface area contributed by atoms with Gasteiger partial charge in [0.1, 0.15) is 6.61 Å². The summed E-state index contributed by atoms with van der Waals surface area (Å²) in [6.07, 6.45) is -0.624. The average molecular weight is 328 g/mol. The summed E-state index contributed by atoms with van der Waals surface area (Å²) in [7, 11) is -3.36. The van der Waals surface area contributed by atoms with E-state index in [1.165, 1.54) is 4.31 Å². The lowest BCUT2D eigenvalue weighted by molar-refractivity contribution is 0.0730. The SMILES string of the molecule is O=C(NCCS(=O)(=O)N1CCOCC1)OCc1ccccc1. The summed E-state index contributed by atoms with van der Waals surface area (Å²) in [4.78, 5) is 11.5. The lowest BCUT2D eigenvalue weighted by atomic mass is 10.2. The molecule has 1 aromatic rings. The van der Waals surface area contributed by atoms with Gasteiger partial charge in [-0.3, -0.25) is 0 Å². The van der Waals surface area contributed by atoms with Crippen molar-refractivity contribution >= 4 is 16.1 Å². The van der Waals surface area contributed by atoms with E-state index in [1.807, 2.05) is 30.3 Å². The number of sulfonamides is 1. The van der Waals surface area contributed by atoms with Gasteiger partial charge in [0, 0.05) is 19.6 Å². The fourth-order valence-corrected chi connectivity index (χ4v) is 3.33. The summed E-state index contributed by atoms with van der Waals surface area (Å²) in [5, 5.41) is 2.45. The molecule has 22 heavy (non-hydrogen) atoms. The first-order valence-electron chi connectivity index (χ1n) is 7.08. The van der Waals surface area contributed by atoms with Crippen molar-refractivity contribution in [2.24, 2.45) is 0 Å². The number of alkyl carbamates (subject to hydrolysis) is 1. The summed E-state index contributed by atoms with van der Waals surface area (Å²) in [6.45, 7) is 1.72. The second-order valence-electron chi connectivity index (χ2n) is 4.82. The van der Waals surface area contributed by atoms with Gasteiger partial charge >= 0.3 is 6.09 Å². The average Bonchev–Trinajstić information content (AvgIpc) is 2.54.